The smallest absolute Gasteiger partial charge is 0.123 e. The third kappa shape index (κ3) is 1.70. The molecule has 1 aromatic rings. The fourth-order valence-corrected chi connectivity index (χ4v) is 1.70. The van der Waals surface area contributed by atoms with Crippen molar-refractivity contribution >= 4 is 5.94 Å². The van der Waals surface area contributed by atoms with Crippen LogP contribution in [0.15, 0.2) is 18.1 Å². The van der Waals surface area contributed by atoms with Crippen LogP contribution in [-0.4, -0.2) is 15.9 Å². The van der Waals surface area contributed by atoms with Gasteiger partial charge in [-0.1, -0.05) is 0 Å². The van der Waals surface area contributed by atoms with Crippen molar-refractivity contribution < 1.29 is 4.79 Å². The molecule has 0 aromatic carbocycles. The van der Waals surface area contributed by atoms with E-state index in [0.717, 1.165) is 24.8 Å². The second kappa shape index (κ2) is 3.58. The Balaban J connectivity index is 2.03. The summed E-state index contributed by atoms with van der Waals surface area (Å²) in [6, 6.07) is 0. The van der Waals surface area contributed by atoms with Gasteiger partial charge in [-0.3, -0.25) is 0 Å². The second-order valence-electron chi connectivity index (χ2n) is 3.31. The second-order valence-corrected chi connectivity index (χ2v) is 3.31. The number of hydrogen-bond donors (Lipinski definition) is 1. The molecule has 1 N–H and O–H groups in total. The number of H-pyrrole nitrogens is 1. The minimum atomic E-state index is 0.500. The zero-order valence-electron chi connectivity index (χ0n) is 7.29. The Labute approximate surface area is 76.9 Å². The Morgan fingerprint density at radius 2 is 2.54 bits per heavy atom. The van der Waals surface area contributed by atoms with E-state index in [1.807, 2.05) is 18.6 Å². The van der Waals surface area contributed by atoms with E-state index in [9.17, 15) is 4.79 Å². The molecule has 1 fully saturated rings. The van der Waals surface area contributed by atoms with Crippen LogP contribution >= 0.6 is 0 Å². The number of carbonyl (C=O) groups excluding carboxylic acids is 1. The molecule has 0 aliphatic heterocycles. The van der Waals surface area contributed by atoms with Gasteiger partial charge in [0.25, 0.3) is 0 Å². The van der Waals surface area contributed by atoms with Gasteiger partial charge in [-0.15, -0.1) is 0 Å². The Morgan fingerprint density at radius 3 is 3.08 bits per heavy atom. The summed E-state index contributed by atoms with van der Waals surface area (Å²) >= 11 is 0. The van der Waals surface area contributed by atoms with Crippen molar-refractivity contribution in [1.82, 2.24) is 9.97 Å². The van der Waals surface area contributed by atoms with Crippen LogP contribution in [-0.2, 0) is 4.79 Å². The van der Waals surface area contributed by atoms with Crippen LogP contribution in [0.1, 0.15) is 30.9 Å². The van der Waals surface area contributed by atoms with E-state index in [1.54, 1.807) is 6.33 Å². The summed E-state index contributed by atoms with van der Waals surface area (Å²) in [6.07, 6.45) is 8.31. The van der Waals surface area contributed by atoms with Crippen LogP contribution in [0.5, 0.6) is 0 Å². The van der Waals surface area contributed by atoms with E-state index in [1.165, 1.54) is 5.69 Å². The minimum absolute atomic E-state index is 0.500. The predicted molar refractivity (Wildman–Crippen MR) is 48.7 cm³/mol. The maximum atomic E-state index is 10.3. The van der Waals surface area contributed by atoms with E-state index in [-0.39, 0.29) is 0 Å². The maximum absolute atomic E-state index is 10.3. The number of nitrogens with zero attached hydrogens (tertiary/aromatic N) is 1. The number of hydrogen-bond acceptors (Lipinski definition) is 2. The number of nitrogens with one attached hydrogen (secondary N) is 1. The standard InChI is InChI=1S/C10H11N2O/c13-6-8-1-3-9(4-2-8)10-5-11-7-12-10/h1,5,7,9H,2-4H2,(H,11,12). The van der Waals surface area contributed by atoms with E-state index >= 15 is 0 Å². The molecule has 0 bridgehead atoms. The topological polar surface area (TPSA) is 45.8 Å². The first-order chi connectivity index (χ1) is 6.40. The summed E-state index contributed by atoms with van der Waals surface area (Å²) in [5.41, 5.74) is 1.98. The molecule has 3 heteroatoms. The van der Waals surface area contributed by atoms with E-state index < -0.39 is 0 Å². The number of imidazole rings is 1. The lowest BCUT2D eigenvalue weighted by molar-refractivity contribution is 0.546. The highest BCUT2D eigenvalue weighted by molar-refractivity contribution is 5.56. The van der Waals surface area contributed by atoms with Gasteiger partial charge in [0.1, 0.15) is 5.94 Å². The molecule has 1 saturated carbocycles. The molecule has 3 nitrogen and oxygen atoms in total. The van der Waals surface area contributed by atoms with Crippen LogP contribution in [0.2, 0.25) is 0 Å². The van der Waals surface area contributed by atoms with Gasteiger partial charge in [0.2, 0.25) is 0 Å². The molecule has 0 spiro atoms. The molecule has 67 valence electrons. The van der Waals surface area contributed by atoms with Crippen molar-refractivity contribution in [2.75, 3.05) is 0 Å². The molecular formula is C10H11N2O. The van der Waals surface area contributed by atoms with Gasteiger partial charge < -0.3 is 4.98 Å². The Bertz CT molecular complexity index is 313. The molecule has 1 aliphatic carbocycles. The molecule has 1 radical (unpaired) electrons. The minimum Gasteiger partial charge on any atom is -0.348 e. The monoisotopic (exact) mass is 175 g/mol. The highest BCUT2D eigenvalue weighted by atomic mass is 16.1. The lowest BCUT2D eigenvalue weighted by atomic mass is 9.85. The van der Waals surface area contributed by atoms with E-state index in [0.29, 0.717) is 5.92 Å². The third-order valence-corrected chi connectivity index (χ3v) is 2.50. The lowest BCUT2D eigenvalue weighted by Crippen LogP contribution is -2.07. The number of rotatable bonds is 1. The van der Waals surface area contributed by atoms with Crippen molar-refractivity contribution in [2.45, 2.75) is 25.2 Å². The molecular weight excluding hydrogens is 164 g/mol. The van der Waals surface area contributed by atoms with Gasteiger partial charge in [0, 0.05) is 23.4 Å². The van der Waals surface area contributed by atoms with Gasteiger partial charge in [0.15, 0.2) is 0 Å². The van der Waals surface area contributed by atoms with Gasteiger partial charge >= 0.3 is 0 Å². The molecule has 13 heavy (non-hydrogen) atoms. The van der Waals surface area contributed by atoms with Gasteiger partial charge in [-0.2, -0.15) is 0 Å². The normalized spacial score (nSPS) is 22.8. The summed E-state index contributed by atoms with van der Waals surface area (Å²) in [6.45, 7) is 0. The zero-order valence-corrected chi connectivity index (χ0v) is 7.29. The first kappa shape index (κ1) is 8.27. The molecule has 0 amide bonds. The molecule has 2 rings (SSSR count). The van der Waals surface area contributed by atoms with E-state index in [4.69, 9.17) is 0 Å². The molecule has 1 aliphatic rings. The lowest BCUT2D eigenvalue weighted by Gasteiger charge is -2.20. The van der Waals surface area contributed by atoms with Gasteiger partial charge in [-0.25, -0.2) is 9.78 Å². The molecule has 1 atom stereocenters. The summed E-state index contributed by atoms with van der Waals surface area (Å²) in [7, 11) is 0. The summed E-state index contributed by atoms with van der Waals surface area (Å²) in [4.78, 5) is 17.4. The number of allylic oxidation sites excluding steroid dienone is 1. The third-order valence-electron chi connectivity index (χ3n) is 2.50. The summed E-state index contributed by atoms with van der Waals surface area (Å²) in [5.74, 6) is 2.45. The van der Waals surface area contributed by atoms with Crippen LogP contribution < -0.4 is 0 Å². The fraction of sp³-hybridized carbons (Fsp3) is 0.400. The summed E-state index contributed by atoms with van der Waals surface area (Å²) < 4.78 is 0. The highest BCUT2D eigenvalue weighted by Gasteiger charge is 2.19. The number of aromatic amines is 1. The molecule has 1 heterocycles. The quantitative estimate of drug-likeness (QED) is 0.659. The molecule has 1 unspecified atom stereocenters. The van der Waals surface area contributed by atoms with Crippen LogP contribution in [0.3, 0.4) is 0 Å². The van der Waals surface area contributed by atoms with Gasteiger partial charge in [-0.05, 0) is 25.7 Å². The first-order valence-electron chi connectivity index (χ1n) is 4.45. The summed E-state index contributed by atoms with van der Waals surface area (Å²) in [5, 5.41) is 0. The van der Waals surface area contributed by atoms with Crippen LogP contribution in [0.4, 0.5) is 0 Å². The Kier molecular flexibility index (Phi) is 2.28. The largest absolute Gasteiger partial charge is 0.348 e. The van der Waals surface area contributed by atoms with Crippen LogP contribution in [0, 0.1) is 6.42 Å². The highest BCUT2D eigenvalue weighted by Crippen LogP contribution is 2.32. The van der Waals surface area contributed by atoms with Crippen molar-refractivity contribution in [3.8, 4) is 0 Å². The molecule has 0 saturated heterocycles. The maximum Gasteiger partial charge on any atom is 0.123 e. The number of aromatic nitrogens is 2. The van der Waals surface area contributed by atoms with E-state index in [2.05, 4.69) is 9.97 Å². The Hall–Kier alpha value is -1.34. The zero-order chi connectivity index (χ0) is 9.10. The predicted octanol–water partition coefficient (Wildman–Crippen LogP) is 1.64. The fourth-order valence-electron chi connectivity index (χ4n) is 1.70. The van der Waals surface area contributed by atoms with Crippen molar-refractivity contribution in [1.29, 1.82) is 0 Å². The average Bonchev–Trinajstić information content (AvgIpc) is 2.71. The van der Waals surface area contributed by atoms with Crippen LogP contribution in [0.25, 0.3) is 0 Å². The average molecular weight is 175 g/mol. The SMILES string of the molecule is O=C=C1[CH]CC(c2cnc[nH]2)CC1. The van der Waals surface area contributed by atoms with Crippen molar-refractivity contribution in [2.24, 2.45) is 0 Å². The van der Waals surface area contributed by atoms with Crippen molar-refractivity contribution in [3.05, 3.63) is 30.2 Å². The molecule has 1 aromatic heterocycles. The van der Waals surface area contributed by atoms with Crippen molar-refractivity contribution in [3.63, 3.8) is 0 Å². The van der Waals surface area contributed by atoms with Gasteiger partial charge in [0.05, 0.1) is 6.33 Å². The first-order valence-corrected chi connectivity index (χ1v) is 4.45. The Morgan fingerprint density at radius 1 is 1.62 bits per heavy atom.